The number of oxime groups is 1. The van der Waals surface area contributed by atoms with Crippen molar-refractivity contribution in [3.63, 3.8) is 0 Å². The van der Waals surface area contributed by atoms with E-state index in [9.17, 15) is 0 Å². The lowest BCUT2D eigenvalue weighted by Crippen LogP contribution is -2.31. The van der Waals surface area contributed by atoms with Gasteiger partial charge in [0.2, 0.25) is 0 Å². The third-order valence-electron chi connectivity index (χ3n) is 4.24. The van der Waals surface area contributed by atoms with Crippen molar-refractivity contribution >= 4 is 17.9 Å². The fourth-order valence-electron chi connectivity index (χ4n) is 2.26. The minimum atomic E-state index is 0.363. The number of rotatable bonds is 9. The number of aryl methyl sites for hydroxylation is 2. The summed E-state index contributed by atoms with van der Waals surface area (Å²) in [5.41, 5.74) is 3.09. The molecule has 1 saturated carbocycles. The number of amidine groups is 1. The van der Waals surface area contributed by atoms with Crippen molar-refractivity contribution in [3.8, 4) is 5.75 Å². The maximum atomic E-state index is 5.95. The second kappa shape index (κ2) is 9.30. The fourth-order valence-corrected chi connectivity index (χ4v) is 2.26. The van der Waals surface area contributed by atoms with Crippen LogP contribution in [0.4, 0.5) is 5.69 Å². The van der Waals surface area contributed by atoms with Gasteiger partial charge in [0.05, 0.1) is 12.0 Å². The highest BCUT2D eigenvalue weighted by molar-refractivity contribution is 5.83. The molecule has 138 valence electrons. The van der Waals surface area contributed by atoms with Gasteiger partial charge in [0.1, 0.15) is 19.5 Å². The van der Waals surface area contributed by atoms with Gasteiger partial charge in [-0.25, -0.2) is 4.99 Å². The van der Waals surface area contributed by atoms with E-state index in [1.54, 1.807) is 7.11 Å². The van der Waals surface area contributed by atoms with Gasteiger partial charge in [0, 0.05) is 20.1 Å². The van der Waals surface area contributed by atoms with Crippen LogP contribution in [0.2, 0.25) is 0 Å². The van der Waals surface area contributed by atoms with Gasteiger partial charge < -0.3 is 19.8 Å². The Balaban J connectivity index is 1.99. The van der Waals surface area contributed by atoms with Crippen LogP contribution in [0.3, 0.4) is 0 Å². The molecule has 0 radical (unpaired) electrons. The average Bonchev–Trinajstić information content (AvgIpc) is 3.42. The van der Waals surface area contributed by atoms with Crippen LogP contribution in [0.5, 0.6) is 5.75 Å². The first-order chi connectivity index (χ1) is 12.0. The standard InChI is InChI=1S/C19H30N4O2/c1-6-23(4)13-21-17-9-15(3)18(10-14(17)2)25-12-19(22-24-5)20-11-16-7-8-16/h9-10,13,16H,6-8,11-12H2,1-5H3,(H,20,22)/b21-13+. The van der Waals surface area contributed by atoms with Gasteiger partial charge in [-0.05, 0) is 62.8 Å². The Morgan fingerprint density at radius 3 is 2.72 bits per heavy atom. The molecule has 0 saturated heterocycles. The van der Waals surface area contributed by atoms with Crippen LogP contribution >= 0.6 is 0 Å². The van der Waals surface area contributed by atoms with E-state index < -0.39 is 0 Å². The molecular weight excluding hydrogens is 316 g/mol. The quantitative estimate of drug-likeness (QED) is 0.424. The van der Waals surface area contributed by atoms with Gasteiger partial charge in [0.25, 0.3) is 0 Å². The number of aliphatic imine (C=N–C) groups is 1. The molecule has 0 aromatic heterocycles. The van der Waals surface area contributed by atoms with Crippen molar-refractivity contribution < 1.29 is 9.57 Å². The zero-order valence-corrected chi connectivity index (χ0v) is 16.0. The minimum Gasteiger partial charge on any atom is -0.485 e. The topological polar surface area (TPSA) is 58.5 Å². The predicted molar refractivity (Wildman–Crippen MR) is 103 cm³/mol. The van der Waals surface area contributed by atoms with E-state index in [2.05, 4.69) is 28.5 Å². The number of hydrogen-bond acceptors (Lipinski definition) is 4. The monoisotopic (exact) mass is 346 g/mol. The van der Waals surface area contributed by atoms with Crippen molar-refractivity contribution in [1.29, 1.82) is 0 Å². The first kappa shape index (κ1) is 19.1. The van der Waals surface area contributed by atoms with Crippen molar-refractivity contribution in [2.45, 2.75) is 33.6 Å². The highest BCUT2D eigenvalue weighted by atomic mass is 16.6. The number of ether oxygens (including phenoxy) is 1. The number of nitrogens with one attached hydrogen (secondary N) is 1. The van der Waals surface area contributed by atoms with Crippen LogP contribution in [-0.4, -0.2) is 50.9 Å². The second-order valence-corrected chi connectivity index (χ2v) is 6.56. The highest BCUT2D eigenvalue weighted by Crippen LogP contribution is 2.29. The molecule has 25 heavy (non-hydrogen) atoms. The number of hydrogen-bond donors (Lipinski definition) is 1. The predicted octanol–water partition coefficient (Wildman–Crippen LogP) is 3.25. The third-order valence-corrected chi connectivity index (χ3v) is 4.24. The van der Waals surface area contributed by atoms with Gasteiger partial charge in [-0.2, -0.15) is 0 Å². The second-order valence-electron chi connectivity index (χ2n) is 6.56. The molecule has 1 aromatic rings. The Morgan fingerprint density at radius 2 is 2.08 bits per heavy atom. The molecule has 0 amide bonds. The maximum Gasteiger partial charge on any atom is 0.179 e. The van der Waals surface area contributed by atoms with E-state index in [4.69, 9.17) is 9.57 Å². The Labute approximate surface area is 150 Å². The van der Waals surface area contributed by atoms with Crippen LogP contribution in [0.1, 0.15) is 30.9 Å². The van der Waals surface area contributed by atoms with Crippen LogP contribution in [0, 0.1) is 19.8 Å². The normalized spacial score (nSPS) is 14.7. The molecule has 1 aliphatic carbocycles. The van der Waals surface area contributed by atoms with Crippen LogP contribution in [-0.2, 0) is 4.84 Å². The van der Waals surface area contributed by atoms with Gasteiger partial charge in [-0.1, -0.05) is 5.16 Å². The summed E-state index contributed by atoms with van der Waals surface area (Å²) < 4.78 is 5.95. The molecule has 1 aromatic carbocycles. The maximum absolute atomic E-state index is 5.95. The Bertz CT molecular complexity index is 624. The van der Waals surface area contributed by atoms with Crippen molar-refractivity contribution in [1.82, 2.24) is 10.2 Å². The fraction of sp³-hybridized carbons (Fsp3) is 0.579. The average molecular weight is 346 g/mol. The van der Waals surface area contributed by atoms with E-state index in [1.807, 2.05) is 38.2 Å². The van der Waals surface area contributed by atoms with E-state index in [0.29, 0.717) is 6.61 Å². The molecular formula is C19H30N4O2. The Kier molecular flexibility index (Phi) is 7.10. The third kappa shape index (κ3) is 6.29. The summed E-state index contributed by atoms with van der Waals surface area (Å²) in [5, 5.41) is 7.33. The Hall–Kier alpha value is -2.24. The van der Waals surface area contributed by atoms with Gasteiger partial charge in [-0.15, -0.1) is 0 Å². The lowest BCUT2D eigenvalue weighted by molar-refractivity contribution is 0.207. The van der Waals surface area contributed by atoms with Crippen molar-refractivity contribution in [2.24, 2.45) is 16.1 Å². The zero-order chi connectivity index (χ0) is 18.2. The van der Waals surface area contributed by atoms with E-state index >= 15 is 0 Å². The molecule has 6 heteroatoms. The molecule has 1 aliphatic rings. The summed E-state index contributed by atoms with van der Waals surface area (Å²) in [6.45, 7) is 8.39. The first-order valence-corrected chi connectivity index (χ1v) is 8.85. The molecule has 1 fully saturated rings. The Morgan fingerprint density at radius 1 is 1.32 bits per heavy atom. The molecule has 6 nitrogen and oxygen atoms in total. The summed E-state index contributed by atoms with van der Waals surface area (Å²) in [7, 11) is 3.56. The summed E-state index contributed by atoms with van der Waals surface area (Å²) in [4.78, 5) is 11.5. The van der Waals surface area contributed by atoms with Gasteiger partial charge >= 0.3 is 0 Å². The smallest absolute Gasteiger partial charge is 0.179 e. The van der Waals surface area contributed by atoms with Gasteiger partial charge in [-0.3, -0.25) is 0 Å². The summed E-state index contributed by atoms with van der Waals surface area (Å²) >= 11 is 0. The molecule has 0 unspecified atom stereocenters. The lowest BCUT2D eigenvalue weighted by Gasteiger charge is -2.14. The van der Waals surface area contributed by atoms with E-state index in [-0.39, 0.29) is 0 Å². The number of nitrogens with zero attached hydrogens (tertiary/aromatic N) is 3. The molecule has 0 bridgehead atoms. The van der Waals surface area contributed by atoms with Crippen LogP contribution < -0.4 is 10.1 Å². The largest absolute Gasteiger partial charge is 0.485 e. The molecule has 0 atom stereocenters. The van der Waals surface area contributed by atoms with E-state index in [0.717, 1.165) is 47.4 Å². The zero-order valence-electron chi connectivity index (χ0n) is 16.0. The van der Waals surface area contributed by atoms with E-state index in [1.165, 1.54) is 12.8 Å². The molecule has 0 spiro atoms. The van der Waals surface area contributed by atoms with Gasteiger partial charge in [0.15, 0.2) is 5.84 Å². The molecule has 1 N–H and O–H groups in total. The van der Waals surface area contributed by atoms with Crippen molar-refractivity contribution in [3.05, 3.63) is 23.3 Å². The summed E-state index contributed by atoms with van der Waals surface area (Å²) in [6.07, 6.45) is 4.44. The molecule has 0 aliphatic heterocycles. The minimum absolute atomic E-state index is 0.363. The number of benzene rings is 1. The SMILES string of the molecule is CCN(C)/C=N/c1cc(C)c(OC/C(=N/OC)NCC2CC2)cc1C. The van der Waals surface area contributed by atoms with Crippen LogP contribution in [0.15, 0.2) is 22.3 Å². The molecule has 0 heterocycles. The summed E-state index contributed by atoms with van der Waals surface area (Å²) in [5.74, 6) is 2.33. The molecule has 2 rings (SSSR count). The van der Waals surface area contributed by atoms with Crippen molar-refractivity contribution in [2.75, 3.05) is 33.9 Å². The summed E-state index contributed by atoms with van der Waals surface area (Å²) in [6, 6.07) is 4.08. The first-order valence-electron chi connectivity index (χ1n) is 8.85. The highest BCUT2D eigenvalue weighted by Gasteiger charge is 2.21. The lowest BCUT2D eigenvalue weighted by atomic mass is 10.1. The van der Waals surface area contributed by atoms with Crippen LogP contribution in [0.25, 0.3) is 0 Å².